The van der Waals surface area contributed by atoms with E-state index in [2.05, 4.69) is 10.6 Å². The Bertz CT molecular complexity index is 524. The summed E-state index contributed by atoms with van der Waals surface area (Å²) in [5.74, 6) is -0.599. The van der Waals surface area contributed by atoms with Gasteiger partial charge in [0.25, 0.3) is 0 Å². The monoisotopic (exact) mass is 320 g/mol. The third-order valence-electron chi connectivity index (χ3n) is 4.22. The molecule has 0 spiro atoms. The van der Waals surface area contributed by atoms with E-state index in [9.17, 15) is 14.7 Å². The van der Waals surface area contributed by atoms with Gasteiger partial charge in [-0.25, -0.2) is 0 Å². The first-order valence-corrected chi connectivity index (χ1v) is 8.01. The first-order chi connectivity index (χ1) is 11.1. The van der Waals surface area contributed by atoms with Gasteiger partial charge in [-0.2, -0.15) is 0 Å². The van der Waals surface area contributed by atoms with Crippen molar-refractivity contribution in [2.24, 2.45) is 5.92 Å². The summed E-state index contributed by atoms with van der Waals surface area (Å²) in [5.41, 5.74) is 0.513. The summed E-state index contributed by atoms with van der Waals surface area (Å²) in [7, 11) is 1.55. The summed E-state index contributed by atoms with van der Waals surface area (Å²) >= 11 is 0. The van der Waals surface area contributed by atoms with E-state index in [1.54, 1.807) is 31.4 Å². The summed E-state index contributed by atoms with van der Waals surface area (Å²) in [4.78, 5) is 23.6. The Morgan fingerprint density at radius 1 is 1.17 bits per heavy atom. The molecule has 0 bridgehead atoms. The fraction of sp³-hybridized carbons (Fsp3) is 0.529. The van der Waals surface area contributed by atoms with E-state index < -0.39 is 17.9 Å². The van der Waals surface area contributed by atoms with Gasteiger partial charge in [-0.3, -0.25) is 9.59 Å². The molecule has 0 heterocycles. The molecule has 1 saturated carbocycles. The van der Waals surface area contributed by atoms with E-state index in [4.69, 9.17) is 4.74 Å². The zero-order valence-corrected chi connectivity index (χ0v) is 13.4. The third-order valence-corrected chi connectivity index (χ3v) is 4.22. The van der Waals surface area contributed by atoms with Crippen LogP contribution in [0.25, 0.3) is 0 Å². The lowest BCUT2D eigenvalue weighted by atomic mass is 9.85. The molecule has 6 nitrogen and oxygen atoms in total. The Labute approximate surface area is 136 Å². The summed E-state index contributed by atoms with van der Waals surface area (Å²) in [6, 6.07) is 6.70. The van der Waals surface area contributed by atoms with Gasteiger partial charge in [0.1, 0.15) is 5.75 Å². The molecule has 0 aliphatic heterocycles. The summed E-state index contributed by atoms with van der Waals surface area (Å²) in [6.07, 6.45) is 4.82. The van der Waals surface area contributed by atoms with Gasteiger partial charge in [0, 0.05) is 12.2 Å². The fourth-order valence-electron chi connectivity index (χ4n) is 2.83. The van der Waals surface area contributed by atoms with Crippen molar-refractivity contribution < 1.29 is 19.4 Å². The van der Waals surface area contributed by atoms with Gasteiger partial charge in [0.2, 0.25) is 0 Å². The number of anilines is 1. The number of carbonyl (C=O) groups is 2. The number of ether oxygens (including phenoxy) is 1. The van der Waals surface area contributed by atoms with Crippen molar-refractivity contribution >= 4 is 17.5 Å². The van der Waals surface area contributed by atoms with E-state index in [1.807, 2.05) is 0 Å². The average Bonchev–Trinajstić information content (AvgIpc) is 2.60. The van der Waals surface area contributed by atoms with Gasteiger partial charge < -0.3 is 20.5 Å². The van der Waals surface area contributed by atoms with Gasteiger partial charge in [0.15, 0.2) is 0 Å². The smallest absolute Gasteiger partial charge is 0.313 e. The number of nitrogens with one attached hydrogen (secondary N) is 2. The number of rotatable bonds is 5. The molecule has 0 radical (unpaired) electrons. The van der Waals surface area contributed by atoms with Crippen LogP contribution < -0.4 is 15.4 Å². The van der Waals surface area contributed by atoms with Crippen LogP contribution in [0.3, 0.4) is 0 Å². The van der Waals surface area contributed by atoms with Crippen LogP contribution in [-0.4, -0.2) is 36.7 Å². The molecule has 1 atom stereocenters. The van der Waals surface area contributed by atoms with Crippen molar-refractivity contribution in [2.45, 2.75) is 38.2 Å². The summed E-state index contributed by atoms with van der Waals surface area (Å²) < 4.78 is 5.02. The minimum atomic E-state index is -0.744. The van der Waals surface area contributed by atoms with Crippen molar-refractivity contribution in [3.63, 3.8) is 0 Å². The number of amides is 2. The van der Waals surface area contributed by atoms with E-state index in [0.29, 0.717) is 11.4 Å². The van der Waals surface area contributed by atoms with Gasteiger partial charge in [-0.05, 0) is 43.0 Å². The Hall–Kier alpha value is -2.08. The molecule has 2 amide bonds. The molecule has 2 rings (SSSR count). The molecule has 3 N–H and O–H groups in total. The van der Waals surface area contributed by atoms with Crippen LogP contribution in [-0.2, 0) is 9.59 Å². The first-order valence-electron chi connectivity index (χ1n) is 8.01. The quantitative estimate of drug-likeness (QED) is 0.721. The van der Waals surface area contributed by atoms with Crippen LogP contribution >= 0.6 is 0 Å². The van der Waals surface area contributed by atoms with Gasteiger partial charge in [-0.15, -0.1) is 0 Å². The second-order valence-corrected chi connectivity index (χ2v) is 5.86. The SMILES string of the molecule is COc1ccc(NC(=O)C(=O)NCC(O)C2CCCCC2)cc1. The van der Waals surface area contributed by atoms with Crippen LogP contribution in [0.5, 0.6) is 5.75 Å². The molecule has 1 aliphatic carbocycles. The van der Waals surface area contributed by atoms with Crippen LogP contribution in [0.15, 0.2) is 24.3 Å². The molecule has 1 aromatic carbocycles. The second-order valence-electron chi connectivity index (χ2n) is 5.86. The maximum atomic E-state index is 11.8. The van der Waals surface area contributed by atoms with E-state index in [-0.39, 0.29) is 12.5 Å². The van der Waals surface area contributed by atoms with Crippen molar-refractivity contribution in [1.29, 1.82) is 0 Å². The fourth-order valence-corrected chi connectivity index (χ4v) is 2.83. The predicted octanol–water partition coefficient (Wildman–Crippen LogP) is 1.69. The van der Waals surface area contributed by atoms with Gasteiger partial charge in [0.05, 0.1) is 13.2 Å². The Morgan fingerprint density at radius 2 is 1.83 bits per heavy atom. The molecule has 1 fully saturated rings. The van der Waals surface area contributed by atoms with Gasteiger partial charge in [-0.1, -0.05) is 19.3 Å². The molecule has 0 aromatic heterocycles. The van der Waals surface area contributed by atoms with Crippen LogP contribution in [0, 0.1) is 5.92 Å². The number of aliphatic hydroxyl groups is 1. The molecule has 0 saturated heterocycles. The highest BCUT2D eigenvalue weighted by molar-refractivity contribution is 6.39. The molecule has 1 unspecified atom stereocenters. The normalized spacial score (nSPS) is 16.4. The van der Waals surface area contributed by atoms with Crippen molar-refractivity contribution in [3.05, 3.63) is 24.3 Å². The van der Waals surface area contributed by atoms with Crippen molar-refractivity contribution in [2.75, 3.05) is 19.0 Å². The van der Waals surface area contributed by atoms with E-state index in [0.717, 1.165) is 25.7 Å². The molecule has 1 aromatic rings. The minimum absolute atomic E-state index is 0.111. The minimum Gasteiger partial charge on any atom is -0.497 e. The number of hydrogen-bond donors (Lipinski definition) is 3. The largest absolute Gasteiger partial charge is 0.497 e. The van der Waals surface area contributed by atoms with Crippen molar-refractivity contribution in [1.82, 2.24) is 5.32 Å². The lowest BCUT2D eigenvalue weighted by molar-refractivity contribution is -0.136. The third kappa shape index (κ3) is 5.25. The zero-order chi connectivity index (χ0) is 16.7. The summed E-state index contributed by atoms with van der Waals surface area (Å²) in [5, 5.41) is 15.1. The molecule has 126 valence electrons. The number of methoxy groups -OCH3 is 1. The number of carbonyl (C=O) groups excluding carboxylic acids is 2. The molecular formula is C17H24N2O4. The zero-order valence-electron chi connectivity index (χ0n) is 13.4. The molecule has 1 aliphatic rings. The molecule has 6 heteroatoms. The average molecular weight is 320 g/mol. The predicted molar refractivity (Wildman–Crippen MR) is 87.2 cm³/mol. The molecule has 23 heavy (non-hydrogen) atoms. The lowest BCUT2D eigenvalue weighted by Gasteiger charge is -2.26. The Balaban J connectivity index is 1.76. The highest BCUT2D eigenvalue weighted by atomic mass is 16.5. The van der Waals surface area contributed by atoms with Gasteiger partial charge >= 0.3 is 11.8 Å². The highest BCUT2D eigenvalue weighted by Gasteiger charge is 2.23. The standard InChI is InChI=1S/C17H24N2O4/c1-23-14-9-7-13(8-10-14)19-17(22)16(21)18-11-15(20)12-5-3-2-4-6-12/h7-10,12,15,20H,2-6,11H2,1H3,(H,18,21)(H,19,22). The first kappa shape index (κ1) is 17.3. The Morgan fingerprint density at radius 3 is 2.43 bits per heavy atom. The topological polar surface area (TPSA) is 87.7 Å². The van der Waals surface area contributed by atoms with Crippen LogP contribution in [0.2, 0.25) is 0 Å². The number of benzene rings is 1. The van der Waals surface area contributed by atoms with Crippen LogP contribution in [0.4, 0.5) is 5.69 Å². The highest BCUT2D eigenvalue weighted by Crippen LogP contribution is 2.26. The second kappa shape index (κ2) is 8.53. The van der Waals surface area contributed by atoms with Crippen LogP contribution in [0.1, 0.15) is 32.1 Å². The summed E-state index contributed by atoms with van der Waals surface area (Å²) in [6.45, 7) is 0.111. The Kier molecular flexibility index (Phi) is 6.40. The number of aliphatic hydroxyl groups excluding tert-OH is 1. The van der Waals surface area contributed by atoms with Crippen molar-refractivity contribution in [3.8, 4) is 5.75 Å². The molecular weight excluding hydrogens is 296 g/mol. The van der Waals surface area contributed by atoms with E-state index >= 15 is 0 Å². The maximum absolute atomic E-state index is 11.8. The number of hydrogen-bond acceptors (Lipinski definition) is 4. The lowest BCUT2D eigenvalue weighted by Crippen LogP contribution is -2.42. The maximum Gasteiger partial charge on any atom is 0.313 e. The van der Waals surface area contributed by atoms with E-state index in [1.165, 1.54) is 6.42 Å².